The van der Waals surface area contributed by atoms with Gasteiger partial charge in [-0.25, -0.2) is 4.39 Å². The predicted octanol–water partition coefficient (Wildman–Crippen LogP) is 1.91. The van der Waals surface area contributed by atoms with E-state index in [0.29, 0.717) is 16.1 Å². The SMILES string of the molecule is O=C(NCCn1c(=O)c(=O)[nH]c2cc(F)ccc21)c1ccc(Cl)cc1. The van der Waals surface area contributed by atoms with Gasteiger partial charge in [-0.1, -0.05) is 11.6 Å². The Morgan fingerprint density at radius 1 is 1.16 bits per heavy atom. The summed E-state index contributed by atoms with van der Waals surface area (Å²) in [6.45, 7) is 0.196. The van der Waals surface area contributed by atoms with Crippen molar-refractivity contribution in [3.8, 4) is 0 Å². The standard InChI is InChI=1S/C17H13ClFN3O3/c18-11-3-1-10(2-4-11)15(23)20-7-8-22-14-6-5-12(19)9-13(14)21-16(24)17(22)25/h1-6,9H,7-8H2,(H,20,23)(H,21,24). The second kappa shape index (κ2) is 6.90. The maximum atomic E-state index is 13.3. The lowest BCUT2D eigenvalue weighted by Gasteiger charge is -2.10. The fourth-order valence-corrected chi connectivity index (χ4v) is 2.58. The summed E-state index contributed by atoms with van der Waals surface area (Å²) in [6, 6.07) is 10.1. The van der Waals surface area contributed by atoms with Gasteiger partial charge in [-0.3, -0.25) is 14.4 Å². The molecule has 25 heavy (non-hydrogen) atoms. The molecule has 0 saturated carbocycles. The van der Waals surface area contributed by atoms with E-state index in [0.717, 1.165) is 6.07 Å². The van der Waals surface area contributed by atoms with Gasteiger partial charge in [-0.15, -0.1) is 0 Å². The average molecular weight is 362 g/mol. The zero-order valence-corrected chi connectivity index (χ0v) is 13.6. The number of hydrogen-bond acceptors (Lipinski definition) is 3. The third-order valence-corrected chi connectivity index (χ3v) is 3.92. The van der Waals surface area contributed by atoms with E-state index in [-0.39, 0.29) is 24.5 Å². The average Bonchev–Trinajstić information content (AvgIpc) is 2.58. The van der Waals surface area contributed by atoms with Gasteiger partial charge in [0.05, 0.1) is 11.0 Å². The van der Waals surface area contributed by atoms with Crippen LogP contribution in [0.15, 0.2) is 52.1 Å². The highest BCUT2D eigenvalue weighted by Crippen LogP contribution is 2.11. The summed E-state index contributed by atoms with van der Waals surface area (Å²) < 4.78 is 14.5. The summed E-state index contributed by atoms with van der Waals surface area (Å²) >= 11 is 5.77. The highest BCUT2D eigenvalue weighted by molar-refractivity contribution is 6.30. The number of rotatable bonds is 4. The molecule has 1 amide bonds. The molecule has 0 atom stereocenters. The molecule has 0 fully saturated rings. The summed E-state index contributed by atoms with van der Waals surface area (Å²) in [7, 11) is 0. The van der Waals surface area contributed by atoms with Crippen molar-refractivity contribution in [2.45, 2.75) is 6.54 Å². The molecule has 2 N–H and O–H groups in total. The summed E-state index contributed by atoms with van der Waals surface area (Å²) in [6.07, 6.45) is 0. The Balaban J connectivity index is 1.80. The van der Waals surface area contributed by atoms with Gasteiger partial charge in [-0.2, -0.15) is 0 Å². The molecule has 1 heterocycles. The lowest BCUT2D eigenvalue weighted by Crippen LogP contribution is -2.39. The van der Waals surface area contributed by atoms with Crippen molar-refractivity contribution in [3.05, 3.63) is 79.6 Å². The quantitative estimate of drug-likeness (QED) is 0.696. The maximum absolute atomic E-state index is 13.3. The van der Waals surface area contributed by atoms with Crippen LogP contribution in [0.5, 0.6) is 0 Å². The number of halogens is 2. The van der Waals surface area contributed by atoms with Crippen LogP contribution in [0.4, 0.5) is 4.39 Å². The summed E-state index contributed by atoms with van der Waals surface area (Å²) in [5.74, 6) is -0.853. The number of nitrogens with one attached hydrogen (secondary N) is 2. The van der Waals surface area contributed by atoms with Gasteiger partial charge in [0, 0.05) is 23.7 Å². The number of aromatic amines is 1. The van der Waals surface area contributed by atoms with Crippen molar-refractivity contribution in [2.75, 3.05) is 6.54 Å². The van der Waals surface area contributed by atoms with E-state index in [1.807, 2.05) is 0 Å². The van der Waals surface area contributed by atoms with E-state index in [9.17, 15) is 18.8 Å². The lowest BCUT2D eigenvalue weighted by atomic mass is 10.2. The second-order valence-corrected chi connectivity index (χ2v) is 5.77. The van der Waals surface area contributed by atoms with Crippen molar-refractivity contribution in [1.82, 2.24) is 14.9 Å². The van der Waals surface area contributed by atoms with Crippen LogP contribution in [0, 0.1) is 5.82 Å². The van der Waals surface area contributed by atoms with E-state index in [2.05, 4.69) is 10.3 Å². The smallest absolute Gasteiger partial charge is 0.316 e. The molecular weight excluding hydrogens is 349 g/mol. The number of carbonyl (C=O) groups is 1. The Kier molecular flexibility index (Phi) is 4.67. The number of benzene rings is 2. The third kappa shape index (κ3) is 3.61. The van der Waals surface area contributed by atoms with Crippen LogP contribution in [0.25, 0.3) is 11.0 Å². The van der Waals surface area contributed by atoms with Crippen molar-refractivity contribution in [2.24, 2.45) is 0 Å². The largest absolute Gasteiger partial charge is 0.350 e. The number of carbonyl (C=O) groups excluding carboxylic acids is 1. The van der Waals surface area contributed by atoms with Crippen LogP contribution < -0.4 is 16.4 Å². The van der Waals surface area contributed by atoms with Crippen molar-refractivity contribution in [3.63, 3.8) is 0 Å². The highest BCUT2D eigenvalue weighted by Gasteiger charge is 2.09. The molecule has 0 aliphatic heterocycles. The Morgan fingerprint density at radius 2 is 1.88 bits per heavy atom. The van der Waals surface area contributed by atoms with Gasteiger partial charge in [0.15, 0.2) is 0 Å². The molecule has 0 unspecified atom stereocenters. The predicted molar refractivity (Wildman–Crippen MR) is 92.6 cm³/mol. The van der Waals surface area contributed by atoms with Gasteiger partial charge < -0.3 is 14.9 Å². The lowest BCUT2D eigenvalue weighted by molar-refractivity contribution is 0.0952. The number of H-pyrrole nitrogens is 1. The first-order chi connectivity index (χ1) is 12.0. The van der Waals surface area contributed by atoms with Gasteiger partial charge in [0.25, 0.3) is 5.91 Å². The van der Waals surface area contributed by atoms with Crippen LogP contribution >= 0.6 is 11.6 Å². The molecule has 0 radical (unpaired) electrons. The Morgan fingerprint density at radius 3 is 2.60 bits per heavy atom. The zero-order valence-electron chi connectivity index (χ0n) is 12.9. The van der Waals surface area contributed by atoms with Crippen molar-refractivity contribution in [1.29, 1.82) is 0 Å². The van der Waals surface area contributed by atoms with Crippen LogP contribution in [-0.4, -0.2) is 22.0 Å². The van der Waals surface area contributed by atoms with E-state index in [1.165, 1.54) is 16.7 Å². The molecular formula is C17H13ClFN3O3. The van der Waals surface area contributed by atoms with E-state index in [4.69, 9.17) is 11.6 Å². The normalized spacial score (nSPS) is 10.8. The monoisotopic (exact) mass is 361 g/mol. The molecule has 3 aromatic rings. The molecule has 2 aromatic carbocycles. The van der Waals surface area contributed by atoms with Crippen molar-refractivity contribution < 1.29 is 9.18 Å². The Hall–Kier alpha value is -2.93. The van der Waals surface area contributed by atoms with E-state index < -0.39 is 16.9 Å². The first-order valence-electron chi connectivity index (χ1n) is 7.42. The van der Waals surface area contributed by atoms with Gasteiger partial charge in [-0.05, 0) is 42.5 Å². The molecule has 0 aliphatic rings. The molecule has 3 rings (SSSR count). The topological polar surface area (TPSA) is 84.0 Å². The third-order valence-electron chi connectivity index (χ3n) is 3.66. The molecule has 128 valence electrons. The molecule has 0 spiro atoms. The number of nitrogens with zero attached hydrogens (tertiary/aromatic N) is 1. The fraction of sp³-hybridized carbons (Fsp3) is 0.118. The fourth-order valence-electron chi connectivity index (χ4n) is 2.46. The number of aromatic nitrogens is 2. The number of hydrogen-bond donors (Lipinski definition) is 2. The number of amides is 1. The van der Waals surface area contributed by atoms with Crippen LogP contribution in [-0.2, 0) is 6.54 Å². The van der Waals surface area contributed by atoms with Crippen LogP contribution in [0.3, 0.4) is 0 Å². The van der Waals surface area contributed by atoms with Crippen molar-refractivity contribution >= 4 is 28.5 Å². The minimum atomic E-state index is -0.845. The zero-order chi connectivity index (χ0) is 18.0. The minimum Gasteiger partial charge on any atom is -0.350 e. The Bertz CT molecular complexity index is 1060. The summed E-state index contributed by atoms with van der Waals surface area (Å²) in [4.78, 5) is 38.1. The summed E-state index contributed by atoms with van der Waals surface area (Å²) in [5, 5.41) is 3.18. The molecule has 0 bridgehead atoms. The second-order valence-electron chi connectivity index (χ2n) is 5.34. The van der Waals surface area contributed by atoms with Gasteiger partial charge >= 0.3 is 11.1 Å². The van der Waals surface area contributed by atoms with Crippen LogP contribution in [0.1, 0.15) is 10.4 Å². The first-order valence-corrected chi connectivity index (χ1v) is 7.79. The number of fused-ring (bicyclic) bond motifs is 1. The summed E-state index contributed by atoms with van der Waals surface area (Å²) in [5.41, 5.74) is -0.586. The maximum Gasteiger partial charge on any atom is 0.316 e. The van der Waals surface area contributed by atoms with E-state index >= 15 is 0 Å². The molecule has 0 aliphatic carbocycles. The van der Waals surface area contributed by atoms with Gasteiger partial charge in [0.2, 0.25) is 0 Å². The molecule has 1 aromatic heterocycles. The molecule has 8 heteroatoms. The Labute approximate surface area is 145 Å². The van der Waals surface area contributed by atoms with Gasteiger partial charge in [0.1, 0.15) is 5.82 Å². The van der Waals surface area contributed by atoms with E-state index in [1.54, 1.807) is 24.3 Å². The minimum absolute atomic E-state index is 0.0736. The highest BCUT2D eigenvalue weighted by atomic mass is 35.5. The molecule has 0 saturated heterocycles. The first kappa shape index (κ1) is 16.9. The van der Waals surface area contributed by atoms with Crippen LogP contribution in [0.2, 0.25) is 5.02 Å². The molecule has 6 nitrogen and oxygen atoms in total.